The number of alkyl halides is 3. The molecule has 0 aromatic heterocycles. The van der Waals surface area contributed by atoms with Crippen molar-refractivity contribution >= 4 is 40.7 Å². The van der Waals surface area contributed by atoms with Gasteiger partial charge >= 0.3 is 18.1 Å². The Bertz CT molecular complexity index is 1140. The second kappa shape index (κ2) is 10.6. The number of carbonyl (C=O) groups is 4. The Hall–Kier alpha value is -3.09. The van der Waals surface area contributed by atoms with E-state index in [-0.39, 0.29) is 24.4 Å². The molecule has 13 heteroatoms. The molecule has 0 spiro atoms. The van der Waals surface area contributed by atoms with E-state index < -0.39 is 35.5 Å². The van der Waals surface area contributed by atoms with Crippen LogP contribution in [0.3, 0.4) is 0 Å². The Labute approximate surface area is 221 Å². The first kappa shape index (κ1) is 27.9. The minimum Gasteiger partial charge on any atom is -0.475 e. The van der Waals surface area contributed by atoms with Crippen molar-refractivity contribution in [2.24, 2.45) is 22.7 Å². The third kappa shape index (κ3) is 4.87. The Morgan fingerprint density at radius 3 is 2.34 bits per heavy atom. The third-order valence-electron chi connectivity index (χ3n) is 7.40. The standard InChI is InChI=1S/C23H27N3O4S.C2HF3O2/c1-3-23(21(29)30-2)18-17(16-11-24-22(26(16)23)31-13-15-9-10-15)19(27)25(20(18)28)12-14-7-5-4-6-8-14;3-2(4,5)1(6)7/h4-8,15-18H,3,9-13H2,1-2H3;(H,6,7)/t16-,17+,18-,23-;/m1./s1. The van der Waals surface area contributed by atoms with Crippen LogP contribution in [0.2, 0.25) is 0 Å². The summed E-state index contributed by atoms with van der Waals surface area (Å²) >= 11 is 1.65. The van der Waals surface area contributed by atoms with Gasteiger partial charge in [-0.3, -0.25) is 19.5 Å². The number of amidine groups is 1. The fourth-order valence-corrected chi connectivity index (χ4v) is 6.77. The highest BCUT2D eigenvalue weighted by Crippen LogP contribution is 2.54. The fourth-order valence-electron chi connectivity index (χ4n) is 5.45. The molecule has 0 radical (unpaired) electrons. The van der Waals surface area contributed by atoms with Gasteiger partial charge in [0.2, 0.25) is 11.8 Å². The largest absolute Gasteiger partial charge is 0.490 e. The number of thioether (sulfide) groups is 1. The summed E-state index contributed by atoms with van der Waals surface area (Å²) in [6.45, 7) is 2.56. The molecular weight excluding hydrogens is 527 g/mol. The number of halogens is 3. The maximum atomic E-state index is 13.6. The number of aliphatic imine (C=N–C) groups is 1. The lowest BCUT2D eigenvalue weighted by Crippen LogP contribution is -2.59. The van der Waals surface area contributed by atoms with Crippen molar-refractivity contribution in [3.63, 3.8) is 0 Å². The fraction of sp³-hybridized carbons (Fsp3) is 0.560. The van der Waals surface area contributed by atoms with Crippen molar-refractivity contribution in [3.8, 4) is 0 Å². The summed E-state index contributed by atoms with van der Waals surface area (Å²) in [4.78, 5) is 57.3. The molecule has 9 nitrogen and oxygen atoms in total. The predicted molar refractivity (Wildman–Crippen MR) is 131 cm³/mol. The Morgan fingerprint density at radius 1 is 1.18 bits per heavy atom. The van der Waals surface area contributed by atoms with Gasteiger partial charge in [-0.15, -0.1) is 0 Å². The van der Waals surface area contributed by atoms with Crippen LogP contribution in [0.15, 0.2) is 35.3 Å². The predicted octanol–water partition coefficient (Wildman–Crippen LogP) is 2.94. The number of methoxy groups -OCH3 is 1. The molecule has 3 aliphatic heterocycles. The number of esters is 1. The van der Waals surface area contributed by atoms with Gasteiger partial charge in [0.25, 0.3) is 0 Å². The molecule has 5 rings (SSSR count). The van der Waals surface area contributed by atoms with Gasteiger partial charge in [-0.25, -0.2) is 9.59 Å². The van der Waals surface area contributed by atoms with E-state index >= 15 is 0 Å². The minimum absolute atomic E-state index is 0.197. The van der Waals surface area contributed by atoms with E-state index in [0.29, 0.717) is 18.9 Å². The zero-order chi connectivity index (χ0) is 27.8. The number of hydrogen-bond acceptors (Lipinski definition) is 8. The normalized spacial score (nSPS) is 27.9. The number of carboxylic acids is 1. The van der Waals surface area contributed by atoms with Crippen LogP contribution in [0.4, 0.5) is 13.2 Å². The van der Waals surface area contributed by atoms with Crippen LogP contribution in [0.1, 0.15) is 31.7 Å². The van der Waals surface area contributed by atoms with E-state index in [2.05, 4.69) is 0 Å². The lowest BCUT2D eigenvalue weighted by atomic mass is 9.78. The summed E-state index contributed by atoms with van der Waals surface area (Å²) in [5.41, 5.74) is -0.293. The van der Waals surface area contributed by atoms with Crippen LogP contribution in [0, 0.1) is 17.8 Å². The van der Waals surface area contributed by atoms with Gasteiger partial charge in [-0.05, 0) is 30.7 Å². The molecule has 38 heavy (non-hydrogen) atoms. The molecule has 4 aliphatic rings. The summed E-state index contributed by atoms with van der Waals surface area (Å²) < 4.78 is 37.0. The highest BCUT2D eigenvalue weighted by molar-refractivity contribution is 8.13. The SMILES string of the molecule is CC[C@]1(C(=O)OC)[C@H]2C(=O)N(Cc3ccccc3)C(=O)[C@H]2[C@H]2CN=C(SCC3CC3)N21.O=C(O)C(F)(F)F. The minimum atomic E-state index is -5.08. The maximum Gasteiger partial charge on any atom is 0.490 e. The number of likely N-dealkylation sites (tertiary alicyclic amines) is 1. The number of ether oxygens (including phenoxy) is 1. The molecule has 0 bridgehead atoms. The molecular formula is C25H28F3N3O6S. The molecule has 2 amide bonds. The van der Waals surface area contributed by atoms with Crippen molar-refractivity contribution in [3.05, 3.63) is 35.9 Å². The lowest BCUT2D eigenvalue weighted by molar-refractivity contribution is -0.192. The van der Waals surface area contributed by atoms with E-state index in [1.807, 2.05) is 42.2 Å². The van der Waals surface area contributed by atoms with Crippen LogP contribution in [-0.4, -0.2) is 81.0 Å². The molecule has 206 valence electrons. The number of carboxylic acid groups (broad SMARTS) is 1. The maximum absolute atomic E-state index is 13.6. The zero-order valence-corrected chi connectivity index (χ0v) is 21.6. The quantitative estimate of drug-likeness (QED) is 0.421. The zero-order valence-electron chi connectivity index (χ0n) is 20.8. The Balaban J connectivity index is 0.000000426. The molecule has 3 fully saturated rings. The number of fused-ring (bicyclic) bond motifs is 3. The van der Waals surface area contributed by atoms with Crippen molar-refractivity contribution in [2.45, 2.75) is 50.5 Å². The topological polar surface area (TPSA) is 117 Å². The molecule has 1 aromatic carbocycles. The van der Waals surface area contributed by atoms with E-state index in [0.717, 1.165) is 16.5 Å². The van der Waals surface area contributed by atoms with Gasteiger partial charge in [0.05, 0.1) is 38.1 Å². The third-order valence-corrected chi connectivity index (χ3v) is 8.62. The summed E-state index contributed by atoms with van der Waals surface area (Å²) in [6.07, 6.45) is -2.23. The monoisotopic (exact) mass is 555 g/mol. The van der Waals surface area contributed by atoms with Crippen LogP contribution in [0.5, 0.6) is 0 Å². The number of amides is 2. The number of hydrogen-bond donors (Lipinski definition) is 1. The first-order valence-corrected chi connectivity index (χ1v) is 13.2. The summed E-state index contributed by atoms with van der Waals surface area (Å²) in [5.74, 6) is -3.32. The molecule has 4 atom stereocenters. The second-order valence-electron chi connectivity index (χ2n) is 9.64. The van der Waals surface area contributed by atoms with E-state index in [1.54, 1.807) is 11.8 Å². The summed E-state index contributed by atoms with van der Waals surface area (Å²) in [7, 11) is 1.36. The Morgan fingerprint density at radius 2 is 1.82 bits per heavy atom. The van der Waals surface area contributed by atoms with Gasteiger partial charge in [0, 0.05) is 5.75 Å². The van der Waals surface area contributed by atoms with E-state index in [4.69, 9.17) is 19.6 Å². The van der Waals surface area contributed by atoms with Crippen LogP contribution in [0.25, 0.3) is 0 Å². The highest BCUT2D eigenvalue weighted by atomic mass is 32.2. The van der Waals surface area contributed by atoms with Gasteiger partial charge < -0.3 is 14.7 Å². The molecule has 1 aliphatic carbocycles. The van der Waals surface area contributed by atoms with Crippen LogP contribution >= 0.6 is 11.8 Å². The number of rotatable bonds is 6. The first-order valence-electron chi connectivity index (χ1n) is 12.2. The number of imide groups is 1. The second-order valence-corrected chi connectivity index (χ2v) is 10.6. The highest BCUT2D eigenvalue weighted by Gasteiger charge is 2.73. The molecule has 3 heterocycles. The summed E-state index contributed by atoms with van der Waals surface area (Å²) in [6, 6.07) is 9.21. The average Bonchev–Trinajstić information content (AvgIpc) is 3.48. The van der Waals surface area contributed by atoms with Crippen LogP contribution in [-0.2, 0) is 30.5 Å². The van der Waals surface area contributed by atoms with Gasteiger partial charge in [0.1, 0.15) is 0 Å². The van der Waals surface area contributed by atoms with E-state index in [1.165, 1.54) is 24.9 Å². The average molecular weight is 556 g/mol. The number of carbonyl (C=O) groups excluding carboxylic acids is 3. The number of nitrogens with zero attached hydrogens (tertiary/aromatic N) is 3. The van der Waals surface area contributed by atoms with Crippen LogP contribution < -0.4 is 0 Å². The molecule has 0 unspecified atom stereocenters. The molecule has 1 aromatic rings. The number of aliphatic carboxylic acids is 1. The first-order chi connectivity index (χ1) is 18.0. The number of benzene rings is 1. The smallest absolute Gasteiger partial charge is 0.475 e. The molecule has 2 saturated heterocycles. The van der Waals surface area contributed by atoms with Gasteiger partial charge in [0.15, 0.2) is 10.7 Å². The van der Waals surface area contributed by atoms with Gasteiger partial charge in [-0.1, -0.05) is 49.0 Å². The summed E-state index contributed by atoms with van der Waals surface area (Å²) in [5, 5.41) is 7.91. The van der Waals surface area contributed by atoms with Gasteiger partial charge in [-0.2, -0.15) is 13.2 Å². The van der Waals surface area contributed by atoms with E-state index in [9.17, 15) is 27.6 Å². The lowest BCUT2D eigenvalue weighted by Gasteiger charge is -2.39. The van der Waals surface area contributed by atoms with Crippen molar-refractivity contribution in [1.82, 2.24) is 9.80 Å². The van der Waals surface area contributed by atoms with Crippen molar-refractivity contribution < 1.29 is 42.2 Å². The van der Waals surface area contributed by atoms with Crippen molar-refractivity contribution in [1.29, 1.82) is 0 Å². The molecule has 1 saturated carbocycles. The van der Waals surface area contributed by atoms with Crippen molar-refractivity contribution in [2.75, 3.05) is 19.4 Å². The molecule has 1 N–H and O–H groups in total. The Kier molecular flexibility index (Phi) is 7.78.